The molecule has 6 nitrogen and oxygen atoms in total. The summed E-state index contributed by atoms with van der Waals surface area (Å²) in [6, 6.07) is 17.1. The van der Waals surface area contributed by atoms with Crippen LogP contribution < -0.4 is 4.72 Å². The van der Waals surface area contributed by atoms with E-state index in [4.69, 9.17) is 11.6 Å². The molecule has 1 aliphatic carbocycles. The van der Waals surface area contributed by atoms with Gasteiger partial charge in [0.2, 0.25) is 0 Å². The average Bonchev–Trinajstić information content (AvgIpc) is 3.22. The first kappa shape index (κ1) is 21.0. The number of rotatable bonds is 7. The maximum atomic E-state index is 13.0. The highest BCUT2D eigenvalue weighted by molar-refractivity contribution is 7.91. The molecule has 30 heavy (non-hydrogen) atoms. The Morgan fingerprint density at radius 1 is 1.17 bits per heavy atom. The quantitative estimate of drug-likeness (QED) is 0.493. The Hall–Kier alpha value is -2.23. The number of hydrogen-bond acceptors (Lipinski definition) is 5. The van der Waals surface area contributed by atoms with Gasteiger partial charge in [0.05, 0.1) is 6.61 Å². The smallest absolute Gasteiger partial charge is 0.325 e. The van der Waals surface area contributed by atoms with E-state index in [1.165, 1.54) is 6.07 Å². The predicted molar refractivity (Wildman–Crippen MR) is 115 cm³/mol. The number of carboxylic acid groups (broad SMARTS) is 1. The monoisotopic (exact) mass is 463 g/mol. The molecule has 1 aliphatic rings. The van der Waals surface area contributed by atoms with Gasteiger partial charge in [0.25, 0.3) is 10.0 Å². The maximum absolute atomic E-state index is 13.0. The van der Waals surface area contributed by atoms with E-state index in [2.05, 4.69) is 4.72 Å². The van der Waals surface area contributed by atoms with E-state index in [1.807, 2.05) is 0 Å². The molecular formula is C21H18ClNO5S2. The zero-order valence-corrected chi connectivity index (χ0v) is 18.0. The van der Waals surface area contributed by atoms with E-state index < -0.39 is 27.4 Å². The van der Waals surface area contributed by atoms with Gasteiger partial charge >= 0.3 is 5.97 Å². The van der Waals surface area contributed by atoms with Crippen LogP contribution in [0.2, 0.25) is 5.02 Å². The van der Waals surface area contributed by atoms with Crippen molar-refractivity contribution >= 4 is 38.9 Å². The second-order valence-corrected chi connectivity index (χ2v) is 10.6. The third-order valence-corrected chi connectivity index (χ3v) is 8.56. The van der Waals surface area contributed by atoms with Crippen LogP contribution >= 0.6 is 22.9 Å². The van der Waals surface area contributed by atoms with Gasteiger partial charge in [-0.25, -0.2) is 8.42 Å². The van der Waals surface area contributed by atoms with E-state index in [-0.39, 0.29) is 17.2 Å². The van der Waals surface area contributed by atoms with Crippen LogP contribution in [0.5, 0.6) is 0 Å². The zero-order valence-electron chi connectivity index (χ0n) is 15.6. The summed E-state index contributed by atoms with van der Waals surface area (Å²) in [6.07, 6.45) is 0.145. The molecule has 3 aromatic rings. The number of carboxylic acids is 1. The summed E-state index contributed by atoms with van der Waals surface area (Å²) in [5.41, 5.74) is 0.549. The van der Waals surface area contributed by atoms with Gasteiger partial charge in [0, 0.05) is 15.8 Å². The summed E-state index contributed by atoms with van der Waals surface area (Å²) in [7, 11) is -4.04. The van der Waals surface area contributed by atoms with Crippen molar-refractivity contribution in [3.63, 3.8) is 0 Å². The maximum Gasteiger partial charge on any atom is 0.325 e. The number of carbonyl (C=O) groups is 1. The fraction of sp³-hybridized carbons (Fsp3) is 0.190. The molecule has 0 spiro atoms. The van der Waals surface area contributed by atoms with Crippen LogP contribution in [0.4, 0.5) is 0 Å². The number of benzene rings is 2. The van der Waals surface area contributed by atoms with Gasteiger partial charge in [0.15, 0.2) is 0 Å². The van der Waals surface area contributed by atoms with Crippen molar-refractivity contribution in [2.75, 3.05) is 0 Å². The Labute approximate surface area is 182 Å². The largest absolute Gasteiger partial charge is 0.480 e. The highest BCUT2D eigenvalue weighted by atomic mass is 35.5. The first-order chi connectivity index (χ1) is 14.2. The molecule has 0 aliphatic heterocycles. The summed E-state index contributed by atoms with van der Waals surface area (Å²) in [5.74, 6) is -1.73. The Kier molecular flexibility index (Phi) is 5.46. The lowest BCUT2D eigenvalue weighted by Gasteiger charge is -2.15. The van der Waals surface area contributed by atoms with Crippen molar-refractivity contribution in [3.05, 3.63) is 76.8 Å². The molecule has 0 radical (unpaired) electrons. The number of thiophene rings is 1. The lowest BCUT2D eigenvalue weighted by molar-refractivity contribution is -0.140. The molecule has 1 saturated carbocycles. The number of sulfonamides is 1. The van der Waals surface area contributed by atoms with Crippen LogP contribution in [0.15, 0.2) is 64.9 Å². The molecule has 2 aromatic carbocycles. The molecule has 1 aromatic heterocycles. The summed E-state index contributed by atoms with van der Waals surface area (Å²) < 4.78 is 28.4. The Morgan fingerprint density at radius 3 is 2.57 bits per heavy atom. The van der Waals surface area contributed by atoms with Gasteiger partial charge in [-0.05, 0) is 47.4 Å². The minimum Gasteiger partial charge on any atom is -0.480 e. The molecule has 2 atom stereocenters. The van der Waals surface area contributed by atoms with Crippen LogP contribution in [0.1, 0.15) is 23.5 Å². The van der Waals surface area contributed by atoms with Crippen molar-refractivity contribution in [3.8, 4) is 10.4 Å². The van der Waals surface area contributed by atoms with Crippen LogP contribution in [-0.4, -0.2) is 30.1 Å². The van der Waals surface area contributed by atoms with Crippen molar-refractivity contribution < 1.29 is 23.4 Å². The summed E-state index contributed by atoms with van der Waals surface area (Å²) in [5, 5.41) is 19.7. The van der Waals surface area contributed by atoms with E-state index in [9.17, 15) is 23.4 Å². The molecular weight excluding hydrogens is 446 g/mol. The molecule has 0 saturated heterocycles. The molecule has 1 heterocycles. The van der Waals surface area contributed by atoms with Crippen molar-refractivity contribution in [2.24, 2.45) is 0 Å². The Morgan fingerprint density at radius 2 is 1.90 bits per heavy atom. The standard InChI is InChI=1S/C21H18ClNO5S2/c22-16-6-4-14(5-7-16)18-8-9-19(29-18)30(27,28)23-21(20(25)26)11-17(21)15-3-1-2-13(10-15)12-24/h1-10,17,23-24H,11-12H2,(H,25,26)/t17-,21-/m0/s1. The number of aliphatic carboxylic acids is 1. The highest BCUT2D eigenvalue weighted by Crippen LogP contribution is 2.52. The van der Waals surface area contributed by atoms with Gasteiger partial charge in [-0.15, -0.1) is 11.3 Å². The van der Waals surface area contributed by atoms with Gasteiger partial charge in [0.1, 0.15) is 9.75 Å². The minimum absolute atomic E-state index is 0.0443. The first-order valence-corrected chi connectivity index (χ1v) is 11.8. The van der Waals surface area contributed by atoms with E-state index in [0.717, 1.165) is 21.8 Å². The SMILES string of the molecule is O=C(O)[C@]1(NS(=O)(=O)c2ccc(-c3ccc(Cl)cc3)s2)C[C@H]1c1cccc(CO)c1. The fourth-order valence-electron chi connectivity index (χ4n) is 3.49. The van der Waals surface area contributed by atoms with Gasteiger partial charge in [-0.3, -0.25) is 4.79 Å². The number of halogens is 1. The van der Waals surface area contributed by atoms with Crippen molar-refractivity contribution in [2.45, 2.75) is 28.7 Å². The summed E-state index contributed by atoms with van der Waals surface area (Å²) >= 11 is 6.96. The molecule has 156 valence electrons. The number of aliphatic hydroxyl groups excluding tert-OH is 1. The summed E-state index contributed by atoms with van der Waals surface area (Å²) in [6.45, 7) is -0.172. The van der Waals surface area contributed by atoms with E-state index in [0.29, 0.717) is 16.1 Å². The van der Waals surface area contributed by atoms with Crippen LogP contribution in [0.3, 0.4) is 0 Å². The van der Waals surface area contributed by atoms with E-state index in [1.54, 1.807) is 54.6 Å². The fourth-order valence-corrected chi connectivity index (χ4v) is 6.33. The van der Waals surface area contributed by atoms with Crippen molar-refractivity contribution in [1.82, 2.24) is 4.72 Å². The molecule has 4 rings (SSSR count). The summed E-state index contributed by atoms with van der Waals surface area (Å²) in [4.78, 5) is 12.7. The highest BCUT2D eigenvalue weighted by Gasteiger charge is 2.63. The van der Waals surface area contributed by atoms with Gasteiger partial charge in [-0.2, -0.15) is 4.72 Å². The minimum atomic E-state index is -4.04. The third-order valence-electron chi connectivity index (χ3n) is 5.17. The molecule has 1 fully saturated rings. The predicted octanol–water partition coefficient (Wildman–Crippen LogP) is 3.85. The molecule has 0 unspecified atom stereocenters. The zero-order chi connectivity index (χ0) is 21.5. The number of nitrogens with one attached hydrogen (secondary N) is 1. The normalized spacial score (nSPS) is 20.8. The van der Waals surface area contributed by atoms with E-state index >= 15 is 0 Å². The Bertz CT molecular complexity index is 1210. The van der Waals surface area contributed by atoms with Gasteiger partial charge in [-0.1, -0.05) is 48.0 Å². The second-order valence-electron chi connectivity index (χ2n) is 7.17. The molecule has 0 amide bonds. The first-order valence-electron chi connectivity index (χ1n) is 9.08. The van der Waals surface area contributed by atoms with Crippen LogP contribution in [0.25, 0.3) is 10.4 Å². The molecule has 9 heteroatoms. The third kappa shape index (κ3) is 3.89. The lowest BCUT2D eigenvalue weighted by atomic mass is 10.0. The second kappa shape index (κ2) is 7.79. The number of hydrogen-bond donors (Lipinski definition) is 3. The molecule has 3 N–H and O–H groups in total. The van der Waals surface area contributed by atoms with Crippen LogP contribution in [0, 0.1) is 0 Å². The topological polar surface area (TPSA) is 104 Å². The lowest BCUT2D eigenvalue weighted by Crippen LogP contribution is -2.44. The number of aliphatic hydroxyl groups is 1. The Balaban J connectivity index is 1.60. The average molecular weight is 464 g/mol. The van der Waals surface area contributed by atoms with Crippen molar-refractivity contribution in [1.29, 1.82) is 0 Å². The van der Waals surface area contributed by atoms with Crippen LogP contribution in [-0.2, 0) is 21.4 Å². The molecule has 0 bridgehead atoms. The van der Waals surface area contributed by atoms with Gasteiger partial charge < -0.3 is 10.2 Å².